The highest BCUT2D eigenvalue weighted by molar-refractivity contribution is 9.11. The summed E-state index contributed by atoms with van der Waals surface area (Å²) in [6.45, 7) is 6.98. The number of rotatable bonds is 2. The minimum Gasteiger partial charge on any atom is -0.444 e. The number of carbonyl (C=O) groups excluding carboxylic acids is 1. The molecule has 106 valence electrons. The molecule has 0 unspecified atom stereocenters. The number of nitrogens with one attached hydrogen (secondary N) is 1. The van der Waals surface area contributed by atoms with Crippen molar-refractivity contribution in [1.29, 1.82) is 5.41 Å². The van der Waals surface area contributed by atoms with Crippen LogP contribution in [0.25, 0.3) is 0 Å². The van der Waals surface area contributed by atoms with Gasteiger partial charge in [-0.1, -0.05) is 21.5 Å². The molecule has 0 saturated carbocycles. The van der Waals surface area contributed by atoms with Crippen molar-refractivity contribution in [3.05, 3.63) is 22.2 Å². The fourth-order valence-electron chi connectivity index (χ4n) is 1.77. The van der Waals surface area contributed by atoms with Crippen LogP contribution in [0.5, 0.6) is 0 Å². The molecule has 4 nitrogen and oxygen atoms in total. The summed E-state index contributed by atoms with van der Waals surface area (Å²) in [7, 11) is 0. The summed E-state index contributed by atoms with van der Waals surface area (Å²) < 4.78 is 6.37. The highest BCUT2D eigenvalue weighted by Crippen LogP contribution is 2.25. The summed E-state index contributed by atoms with van der Waals surface area (Å²) in [6.07, 6.45) is 6.22. The first-order valence-electron chi connectivity index (χ1n) is 6.36. The number of ether oxygens (including phenoxy) is 1. The molecule has 1 aliphatic rings. The predicted molar refractivity (Wildman–Crippen MR) is 80.9 cm³/mol. The van der Waals surface area contributed by atoms with E-state index in [1.807, 2.05) is 26.8 Å². The molecule has 0 aromatic carbocycles. The molecule has 1 aliphatic heterocycles. The molecule has 19 heavy (non-hydrogen) atoms. The lowest BCUT2D eigenvalue weighted by Crippen LogP contribution is -2.40. The second-order valence-electron chi connectivity index (χ2n) is 5.44. The van der Waals surface area contributed by atoms with Crippen LogP contribution in [0.1, 0.15) is 33.6 Å². The maximum atomic E-state index is 11.9. The molecule has 1 fully saturated rings. The van der Waals surface area contributed by atoms with E-state index in [9.17, 15) is 4.79 Å². The third-order valence-electron chi connectivity index (χ3n) is 2.70. The minimum atomic E-state index is -0.444. The third-order valence-corrected chi connectivity index (χ3v) is 3.52. The van der Waals surface area contributed by atoms with Gasteiger partial charge in [0.2, 0.25) is 0 Å². The van der Waals surface area contributed by atoms with Crippen LogP contribution in [0, 0.1) is 5.41 Å². The zero-order valence-electron chi connectivity index (χ0n) is 11.7. The van der Waals surface area contributed by atoms with Crippen molar-refractivity contribution < 1.29 is 9.53 Å². The number of piperidine rings is 1. The molecule has 0 atom stereocenters. The number of likely N-dealkylation sites (tertiary alicyclic amines) is 1. The van der Waals surface area contributed by atoms with Gasteiger partial charge in [0.15, 0.2) is 0 Å². The van der Waals surface area contributed by atoms with E-state index in [0.717, 1.165) is 17.3 Å². The average molecular weight is 329 g/mol. The van der Waals surface area contributed by atoms with Crippen LogP contribution in [0.15, 0.2) is 22.2 Å². The first kappa shape index (κ1) is 16.0. The van der Waals surface area contributed by atoms with Gasteiger partial charge in [0, 0.05) is 23.8 Å². The normalized spacial score (nSPS) is 16.6. The Hall–Kier alpha value is -1.10. The molecule has 1 amide bonds. The van der Waals surface area contributed by atoms with Gasteiger partial charge in [-0.25, -0.2) is 4.79 Å². The van der Waals surface area contributed by atoms with E-state index in [4.69, 9.17) is 10.1 Å². The van der Waals surface area contributed by atoms with Gasteiger partial charge in [0.05, 0.1) is 0 Å². The largest absolute Gasteiger partial charge is 0.444 e. The van der Waals surface area contributed by atoms with Gasteiger partial charge in [0.1, 0.15) is 5.60 Å². The van der Waals surface area contributed by atoms with E-state index >= 15 is 0 Å². The Morgan fingerprint density at radius 1 is 1.37 bits per heavy atom. The molecule has 0 aliphatic carbocycles. The van der Waals surface area contributed by atoms with Crippen molar-refractivity contribution in [2.45, 2.75) is 39.2 Å². The van der Waals surface area contributed by atoms with Gasteiger partial charge in [0.25, 0.3) is 0 Å². The fourth-order valence-corrected chi connectivity index (χ4v) is 2.32. The molecule has 1 N–H and O–H groups in total. The molecule has 0 bridgehead atoms. The van der Waals surface area contributed by atoms with Crippen molar-refractivity contribution in [1.82, 2.24) is 4.90 Å². The summed E-state index contributed by atoms with van der Waals surface area (Å²) in [6, 6.07) is 0. The molecular formula is C14H21BrN2O2. The standard InChI is InChI=1S/C14H21BrN2O2/c1-14(2,3)19-13(18)17-9-6-11(7-10-17)12(15)5-4-8-16/h4-5,8,16H,6-7,9-10H2,1-3H3/b5-4-,16-8?. The molecule has 0 aromatic rings. The smallest absolute Gasteiger partial charge is 0.410 e. The van der Waals surface area contributed by atoms with Gasteiger partial charge in [-0.2, -0.15) is 0 Å². The van der Waals surface area contributed by atoms with Crippen molar-refractivity contribution in [3.63, 3.8) is 0 Å². The Bertz CT molecular complexity index is 398. The Labute approximate surface area is 123 Å². The maximum absolute atomic E-state index is 11.9. The highest BCUT2D eigenvalue weighted by atomic mass is 79.9. The van der Waals surface area contributed by atoms with Crippen molar-refractivity contribution in [2.24, 2.45) is 0 Å². The number of hydrogen-bond acceptors (Lipinski definition) is 3. The molecule has 1 heterocycles. The molecule has 5 heteroatoms. The van der Waals surface area contributed by atoms with Crippen LogP contribution < -0.4 is 0 Å². The Kier molecular flexibility index (Phi) is 5.79. The molecule has 0 spiro atoms. The lowest BCUT2D eigenvalue weighted by Gasteiger charge is -2.31. The van der Waals surface area contributed by atoms with Gasteiger partial charge in [-0.05, 0) is 45.8 Å². The number of nitrogens with zero attached hydrogens (tertiary/aromatic N) is 1. The summed E-state index contributed by atoms with van der Waals surface area (Å²) in [5.74, 6) is 0. The predicted octanol–water partition coefficient (Wildman–Crippen LogP) is 3.87. The molecular weight excluding hydrogens is 308 g/mol. The van der Waals surface area contributed by atoms with Crippen molar-refractivity contribution in [3.8, 4) is 0 Å². The number of halogens is 1. The molecule has 1 rings (SSSR count). The van der Waals surface area contributed by atoms with Crippen LogP contribution >= 0.6 is 15.9 Å². The highest BCUT2D eigenvalue weighted by Gasteiger charge is 2.25. The Morgan fingerprint density at radius 2 is 1.95 bits per heavy atom. The van der Waals surface area contributed by atoms with Crippen LogP contribution in [-0.4, -0.2) is 35.9 Å². The van der Waals surface area contributed by atoms with Crippen LogP contribution in [0.4, 0.5) is 4.79 Å². The van der Waals surface area contributed by atoms with Crippen molar-refractivity contribution >= 4 is 28.2 Å². The Balaban J connectivity index is 2.55. The number of hydrogen-bond donors (Lipinski definition) is 1. The number of carbonyl (C=O) groups is 1. The molecule has 0 aromatic heterocycles. The van der Waals surface area contributed by atoms with Crippen LogP contribution in [-0.2, 0) is 4.74 Å². The van der Waals surface area contributed by atoms with Crippen LogP contribution in [0.2, 0.25) is 0 Å². The van der Waals surface area contributed by atoms with E-state index in [-0.39, 0.29) is 6.09 Å². The number of allylic oxidation sites excluding steroid dienone is 3. The summed E-state index contributed by atoms with van der Waals surface area (Å²) >= 11 is 3.50. The topological polar surface area (TPSA) is 53.4 Å². The van der Waals surface area contributed by atoms with E-state index in [0.29, 0.717) is 13.1 Å². The summed E-state index contributed by atoms with van der Waals surface area (Å²) in [4.78, 5) is 13.6. The average Bonchev–Trinajstić information content (AvgIpc) is 2.34. The van der Waals surface area contributed by atoms with Gasteiger partial charge in [-0.15, -0.1) is 0 Å². The van der Waals surface area contributed by atoms with Gasteiger partial charge >= 0.3 is 6.09 Å². The van der Waals surface area contributed by atoms with Crippen LogP contribution in [0.3, 0.4) is 0 Å². The van der Waals surface area contributed by atoms with E-state index < -0.39 is 5.60 Å². The minimum absolute atomic E-state index is 0.238. The van der Waals surface area contributed by atoms with E-state index in [2.05, 4.69) is 15.9 Å². The molecule has 0 radical (unpaired) electrons. The zero-order chi connectivity index (χ0) is 14.5. The summed E-state index contributed by atoms with van der Waals surface area (Å²) in [5, 5.41) is 6.96. The van der Waals surface area contributed by atoms with Crippen molar-refractivity contribution in [2.75, 3.05) is 13.1 Å². The number of amides is 1. The second kappa shape index (κ2) is 6.89. The third kappa shape index (κ3) is 5.59. The van der Waals surface area contributed by atoms with Gasteiger partial charge < -0.3 is 15.0 Å². The summed E-state index contributed by atoms with van der Waals surface area (Å²) in [5.41, 5.74) is 0.832. The molecule has 1 saturated heterocycles. The lowest BCUT2D eigenvalue weighted by atomic mass is 10.0. The quantitative estimate of drug-likeness (QED) is 0.782. The van der Waals surface area contributed by atoms with E-state index in [1.165, 1.54) is 11.8 Å². The zero-order valence-corrected chi connectivity index (χ0v) is 13.3. The fraction of sp³-hybridized carbons (Fsp3) is 0.571. The lowest BCUT2D eigenvalue weighted by molar-refractivity contribution is 0.0236. The Morgan fingerprint density at radius 3 is 2.42 bits per heavy atom. The van der Waals surface area contributed by atoms with Gasteiger partial charge in [-0.3, -0.25) is 0 Å². The van der Waals surface area contributed by atoms with E-state index in [1.54, 1.807) is 11.0 Å². The first-order chi connectivity index (χ1) is 8.83. The first-order valence-corrected chi connectivity index (χ1v) is 7.15. The monoisotopic (exact) mass is 328 g/mol. The second-order valence-corrected chi connectivity index (χ2v) is 6.30. The SMILES string of the molecule is CC(C)(C)OC(=O)N1CCC(=C(Br)/C=C\C=N)CC1. The maximum Gasteiger partial charge on any atom is 0.410 e.